The van der Waals surface area contributed by atoms with Crippen LogP contribution >= 0.6 is 22.9 Å². The zero-order valence-electron chi connectivity index (χ0n) is 14.2. The summed E-state index contributed by atoms with van der Waals surface area (Å²) in [6.07, 6.45) is 0. The number of likely N-dealkylation sites (N-methyl/N-ethyl adjacent to an activating group) is 1. The van der Waals surface area contributed by atoms with Gasteiger partial charge < -0.3 is 15.4 Å². The molecule has 2 aromatic rings. The van der Waals surface area contributed by atoms with Gasteiger partial charge in [-0.25, -0.2) is 9.78 Å². The van der Waals surface area contributed by atoms with E-state index in [1.54, 1.807) is 37.4 Å². The number of nitrogens with zero attached hydrogens (tertiary/aromatic N) is 1. The standard InChI is InChI=1S/C17H18ClN3O4S/c1-3-19-15(23)10(2)20-14(22)8-25-17(24)13-9-26-16(21-13)11-5-4-6-12(18)7-11/h4-7,9-10H,3,8H2,1-2H3,(H,19,23)(H,20,22)/t10-/m0/s1. The van der Waals surface area contributed by atoms with Crippen LogP contribution in [0, 0.1) is 0 Å². The Morgan fingerprint density at radius 2 is 2.12 bits per heavy atom. The number of rotatable bonds is 7. The Labute approximate surface area is 159 Å². The minimum atomic E-state index is -0.713. The molecule has 7 nitrogen and oxygen atoms in total. The molecule has 2 N–H and O–H groups in total. The topological polar surface area (TPSA) is 97.4 Å². The predicted octanol–water partition coefficient (Wildman–Crippen LogP) is 2.26. The van der Waals surface area contributed by atoms with Crippen molar-refractivity contribution in [2.75, 3.05) is 13.2 Å². The summed E-state index contributed by atoms with van der Waals surface area (Å²) in [6.45, 7) is 3.29. The molecule has 0 unspecified atom stereocenters. The van der Waals surface area contributed by atoms with Gasteiger partial charge in [-0.05, 0) is 26.0 Å². The van der Waals surface area contributed by atoms with E-state index in [1.807, 2.05) is 6.07 Å². The number of amides is 2. The number of thiazole rings is 1. The SMILES string of the molecule is CCNC(=O)[C@H](C)NC(=O)COC(=O)c1csc(-c2cccc(Cl)c2)n1. The first kappa shape index (κ1) is 19.9. The van der Waals surface area contributed by atoms with Gasteiger partial charge in [-0.1, -0.05) is 23.7 Å². The van der Waals surface area contributed by atoms with Crippen LogP contribution in [0.1, 0.15) is 24.3 Å². The molecule has 0 radical (unpaired) electrons. The fraction of sp³-hybridized carbons (Fsp3) is 0.294. The van der Waals surface area contributed by atoms with Gasteiger partial charge in [0.05, 0.1) is 0 Å². The first-order chi connectivity index (χ1) is 12.4. The van der Waals surface area contributed by atoms with Crippen molar-refractivity contribution in [3.05, 3.63) is 40.4 Å². The second kappa shape index (κ2) is 9.30. The number of ether oxygens (including phenoxy) is 1. The Balaban J connectivity index is 1.88. The summed E-state index contributed by atoms with van der Waals surface area (Å²) in [5, 5.41) is 7.77. The lowest BCUT2D eigenvalue weighted by Crippen LogP contribution is -2.46. The molecule has 2 rings (SSSR count). The summed E-state index contributed by atoms with van der Waals surface area (Å²) in [7, 11) is 0. The second-order valence-corrected chi connectivity index (χ2v) is 6.60. The van der Waals surface area contributed by atoms with Crippen molar-refractivity contribution < 1.29 is 19.1 Å². The predicted molar refractivity (Wildman–Crippen MR) is 99.1 cm³/mol. The maximum atomic E-state index is 12.0. The molecule has 1 aromatic heterocycles. The van der Waals surface area contributed by atoms with Crippen LogP contribution in [0.3, 0.4) is 0 Å². The normalized spacial score (nSPS) is 11.5. The molecule has 2 amide bonds. The highest BCUT2D eigenvalue weighted by molar-refractivity contribution is 7.13. The third-order valence-electron chi connectivity index (χ3n) is 3.24. The molecule has 1 atom stereocenters. The Kier molecular flexibility index (Phi) is 7.11. The van der Waals surface area contributed by atoms with Crippen molar-refractivity contribution in [3.8, 4) is 10.6 Å². The summed E-state index contributed by atoms with van der Waals surface area (Å²) in [4.78, 5) is 39.5. The van der Waals surface area contributed by atoms with Gasteiger partial charge in [-0.2, -0.15) is 0 Å². The highest BCUT2D eigenvalue weighted by atomic mass is 35.5. The van der Waals surface area contributed by atoms with E-state index in [-0.39, 0.29) is 11.6 Å². The average molecular weight is 396 g/mol. The van der Waals surface area contributed by atoms with Gasteiger partial charge in [0, 0.05) is 22.5 Å². The second-order valence-electron chi connectivity index (χ2n) is 5.31. The Morgan fingerprint density at radius 1 is 1.35 bits per heavy atom. The number of hydrogen-bond acceptors (Lipinski definition) is 6. The fourth-order valence-electron chi connectivity index (χ4n) is 2.00. The van der Waals surface area contributed by atoms with E-state index in [0.717, 1.165) is 5.56 Å². The van der Waals surface area contributed by atoms with Gasteiger partial charge in [-0.3, -0.25) is 9.59 Å². The summed E-state index contributed by atoms with van der Waals surface area (Å²) >= 11 is 7.21. The molecule has 0 spiro atoms. The molecular weight excluding hydrogens is 378 g/mol. The van der Waals surface area contributed by atoms with E-state index in [4.69, 9.17) is 16.3 Å². The highest BCUT2D eigenvalue weighted by Crippen LogP contribution is 2.26. The molecule has 0 bridgehead atoms. The van der Waals surface area contributed by atoms with Gasteiger partial charge in [0.25, 0.3) is 5.91 Å². The molecule has 0 fully saturated rings. The van der Waals surface area contributed by atoms with Crippen molar-refractivity contribution >= 4 is 40.7 Å². The third-order valence-corrected chi connectivity index (χ3v) is 4.37. The lowest BCUT2D eigenvalue weighted by atomic mass is 10.2. The first-order valence-corrected chi connectivity index (χ1v) is 9.12. The molecule has 0 aliphatic rings. The van der Waals surface area contributed by atoms with E-state index in [9.17, 15) is 14.4 Å². The highest BCUT2D eigenvalue weighted by Gasteiger charge is 2.18. The van der Waals surface area contributed by atoms with Crippen molar-refractivity contribution in [2.24, 2.45) is 0 Å². The smallest absolute Gasteiger partial charge is 0.358 e. The number of esters is 1. The number of hydrogen-bond donors (Lipinski definition) is 2. The van der Waals surface area contributed by atoms with Crippen LogP contribution in [0.2, 0.25) is 5.02 Å². The number of benzene rings is 1. The van der Waals surface area contributed by atoms with Crippen LogP contribution in [0.5, 0.6) is 0 Å². The quantitative estimate of drug-likeness (QED) is 0.701. The minimum absolute atomic E-state index is 0.106. The fourth-order valence-corrected chi connectivity index (χ4v) is 2.98. The van der Waals surface area contributed by atoms with Gasteiger partial charge in [0.2, 0.25) is 5.91 Å². The molecule has 0 aliphatic carbocycles. The number of nitrogens with one attached hydrogen (secondary N) is 2. The van der Waals surface area contributed by atoms with Crippen molar-refractivity contribution in [1.82, 2.24) is 15.6 Å². The lowest BCUT2D eigenvalue weighted by molar-refractivity contribution is -0.130. The van der Waals surface area contributed by atoms with Crippen LogP contribution in [-0.4, -0.2) is 42.0 Å². The molecule has 0 aliphatic heterocycles. The summed E-state index contributed by atoms with van der Waals surface area (Å²) in [6, 6.07) is 6.39. The van der Waals surface area contributed by atoms with Crippen molar-refractivity contribution in [2.45, 2.75) is 19.9 Å². The minimum Gasteiger partial charge on any atom is -0.451 e. The van der Waals surface area contributed by atoms with Crippen molar-refractivity contribution in [3.63, 3.8) is 0 Å². The van der Waals surface area contributed by atoms with E-state index in [2.05, 4.69) is 15.6 Å². The van der Waals surface area contributed by atoms with Gasteiger partial charge >= 0.3 is 5.97 Å². The number of halogens is 1. The van der Waals surface area contributed by atoms with Crippen LogP contribution in [0.4, 0.5) is 0 Å². The van der Waals surface area contributed by atoms with Gasteiger partial charge in [0.15, 0.2) is 12.3 Å². The lowest BCUT2D eigenvalue weighted by Gasteiger charge is -2.13. The first-order valence-electron chi connectivity index (χ1n) is 7.86. The van der Waals surface area contributed by atoms with E-state index in [1.165, 1.54) is 11.3 Å². The average Bonchev–Trinajstić information content (AvgIpc) is 3.10. The van der Waals surface area contributed by atoms with E-state index >= 15 is 0 Å². The maximum Gasteiger partial charge on any atom is 0.358 e. The maximum absolute atomic E-state index is 12.0. The Morgan fingerprint density at radius 3 is 2.81 bits per heavy atom. The molecule has 0 saturated carbocycles. The van der Waals surface area contributed by atoms with Crippen LogP contribution in [0.25, 0.3) is 10.6 Å². The van der Waals surface area contributed by atoms with Crippen LogP contribution in [0.15, 0.2) is 29.6 Å². The monoisotopic (exact) mass is 395 g/mol. The molecule has 26 heavy (non-hydrogen) atoms. The molecule has 0 saturated heterocycles. The third kappa shape index (κ3) is 5.53. The van der Waals surface area contributed by atoms with E-state index < -0.39 is 24.5 Å². The zero-order chi connectivity index (χ0) is 19.1. The molecular formula is C17H18ClN3O4S. The summed E-state index contributed by atoms with van der Waals surface area (Å²) in [5.74, 6) is -1.59. The molecule has 9 heteroatoms. The molecule has 138 valence electrons. The number of carbonyl (C=O) groups excluding carboxylic acids is 3. The Bertz CT molecular complexity index is 809. The summed E-state index contributed by atoms with van der Waals surface area (Å²) < 4.78 is 4.94. The number of aromatic nitrogens is 1. The van der Waals surface area contributed by atoms with Crippen LogP contribution < -0.4 is 10.6 Å². The zero-order valence-corrected chi connectivity index (χ0v) is 15.8. The van der Waals surface area contributed by atoms with Gasteiger partial charge in [0.1, 0.15) is 11.0 Å². The summed E-state index contributed by atoms with van der Waals surface area (Å²) in [5.41, 5.74) is 0.893. The number of carbonyl (C=O) groups is 3. The molecule has 1 heterocycles. The van der Waals surface area contributed by atoms with Crippen LogP contribution in [-0.2, 0) is 14.3 Å². The van der Waals surface area contributed by atoms with Gasteiger partial charge in [-0.15, -0.1) is 11.3 Å². The Hall–Kier alpha value is -2.45. The van der Waals surface area contributed by atoms with Crippen molar-refractivity contribution in [1.29, 1.82) is 0 Å². The van der Waals surface area contributed by atoms with E-state index in [0.29, 0.717) is 16.6 Å². The largest absolute Gasteiger partial charge is 0.451 e. The molecule has 1 aromatic carbocycles.